The highest BCUT2D eigenvalue weighted by Gasteiger charge is 2.17. The van der Waals surface area contributed by atoms with Crippen LogP contribution < -0.4 is 10.6 Å². The molecule has 1 amide bonds. The Balaban J connectivity index is 1.53. The van der Waals surface area contributed by atoms with Crippen LogP contribution in [-0.2, 0) is 4.79 Å². The lowest BCUT2D eigenvalue weighted by Crippen LogP contribution is -2.22. The number of rotatable bonds is 8. The van der Waals surface area contributed by atoms with E-state index in [9.17, 15) is 4.79 Å². The molecule has 2 aromatic heterocycles. The molecular weight excluding hydrogens is 380 g/mol. The van der Waals surface area contributed by atoms with Crippen LogP contribution in [0.25, 0.3) is 11.3 Å². The van der Waals surface area contributed by atoms with E-state index < -0.39 is 0 Å². The topological polar surface area (TPSA) is 95.6 Å². The van der Waals surface area contributed by atoms with Gasteiger partial charge in [-0.3, -0.25) is 4.79 Å². The lowest BCUT2D eigenvalue weighted by molar-refractivity contribution is -0.115. The van der Waals surface area contributed by atoms with Gasteiger partial charge in [0.05, 0.1) is 23.5 Å². The zero-order valence-electron chi connectivity index (χ0n) is 15.4. The van der Waals surface area contributed by atoms with Crippen LogP contribution in [0.3, 0.4) is 0 Å². The van der Waals surface area contributed by atoms with Crippen molar-refractivity contribution in [3.8, 4) is 11.3 Å². The van der Waals surface area contributed by atoms with E-state index in [0.717, 1.165) is 33.0 Å². The van der Waals surface area contributed by atoms with Crippen LogP contribution in [0.4, 0.5) is 10.8 Å². The number of H-pyrrole nitrogens is 1. The number of amides is 1. The maximum absolute atomic E-state index is 12.4. The van der Waals surface area contributed by atoms with E-state index in [1.807, 2.05) is 31.2 Å². The number of aromatic nitrogens is 4. The first-order valence-electron chi connectivity index (χ1n) is 8.65. The Morgan fingerprint density at radius 2 is 2.00 bits per heavy atom. The summed E-state index contributed by atoms with van der Waals surface area (Å²) in [6.07, 6.45) is 3.40. The van der Waals surface area contributed by atoms with E-state index in [2.05, 4.69) is 44.6 Å². The van der Waals surface area contributed by atoms with Gasteiger partial charge in [-0.05, 0) is 30.5 Å². The summed E-state index contributed by atoms with van der Waals surface area (Å²) in [6, 6.07) is 7.64. The number of carbonyl (C=O) groups is 1. The molecule has 3 rings (SSSR count). The van der Waals surface area contributed by atoms with Crippen molar-refractivity contribution >= 4 is 39.8 Å². The maximum Gasteiger partial charge on any atom is 0.237 e. The molecule has 7 nitrogen and oxygen atoms in total. The molecule has 2 heterocycles. The first-order valence-corrected chi connectivity index (χ1v) is 10.3. The van der Waals surface area contributed by atoms with Gasteiger partial charge in [0, 0.05) is 12.2 Å². The van der Waals surface area contributed by atoms with Gasteiger partial charge in [-0.15, -0.1) is 10.2 Å². The van der Waals surface area contributed by atoms with Crippen molar-refractivity contribution < 1.29 is 4.79 Å². The van der Waals surface area contributed by atoms with E-state index in [0.29, 0.717) is 5.92 Å². The first kappa shape index (κ1) is 19.4. The van der Waals surface area contributed by atoms with Crippen LogP contribution >= 0.6 is 23.1 Å². The highest BCUT2D eigenvalue weighted by molar-refractivity contribution is 8.02. The number of hydrogen-bond acceptors (Lipinski definition) is 7. The third kappa shape index (κ3) is 5.54. The van der Waals surface area contributed by atoms with Gasteiger partial charge in [0.25, 0.3) is 0 Å². The Morgan fingerprint density at radius 3 is 2.67 bits per heavy atom. The predicted octanol–water partition coefficient (Wildman–Crippen LogP) is 4.12. The molecule has 0 aliphatic rings. The maximum atomic E-state index is 12.4. The van der Waals surface area contributed by atoms with Crippen molar-refractivity contribution in [3.05, 3.63) is 36.8 Å². The standard InChI is InChI=1S/C18H22N6OS2/c1-11(2)8-20-17-23-24-18(27-17)26-12(3)16(25)22-14-6-4-13(5-7-14)15-9-19-10-21-15/h4-7,9-12H,8H2,1-3H3,(H,19,21)(H,20,23)(H,22,25)/t12-/m1/s1. The van der Waals surface area contributed by atoms with Crippen molar-refractivity contribution in [2.75, 3.05) is 17.2 Å². The molecule has 1 aromatic carbocycles. The number of benzene rings is 1. The van der Waals surface area contributed by atoms with E-state index in [1.165, 1.54) is 23.1 Å². The fraction of sp³-hybridized carbons (Fsp3) is 0.333. The third-order valence-corrected chi connectivity index (χ3v) is 5.74. The molecule has 0 bridgehead atoms. The second kappa shape index (κ2) is 9.01. The van der Waals surface area contributed by atoms with E-state index >= 15 is 0 Å². The number of imidazole rings is 1. The van der Waals surface area contributed by atoms with Gasteiger partial charge in [0.2, 0.25) is 11.0 Å². The number of anilines is 2. The van der Waals surface area contributed by atoms with Gasteiger partial charge in [0.15, 0.2) is 4.34 Å². The second-order valence-electron chi connectivity index (χ2n) is 6.44. The SMILES string of the molecule is CC(C)CNc1nnc(S[C@H](C)C(=O)Nc2ccc(-c3cnc[nH]3)cc2)s1. The molecule has 0 unspecified atom stereocenters. The fourth-order valence-corrected chi connectivity index (χ4v) is 4.12. The Morgan fingerprint density at radius 1 is 1.22 bits per heavy atom. The summed E-state index contributed by atoms with van der Waals surface area (Å²) >= 11 is 2.87. The van der Waals surface area contributed by atoms with Crippen LogP contribution in [0.2, 0.25) is 0 Å². The van der Waals surface area contributed by atoms with E-state index in [-0.39, 0.29) is 11.2 Å². The summed E-state index contributed by atoms with van der Waals surface area (Å²) < 4.78 is 0.776. The molecule has 9 heteroatoms. The van der Waals surface area contributed by atoms with Crippen molar-refractivity contribution in [2.45, 2.75) is 30.4 Å². The number of hydrogen-bond donors (Lipinski definition) is 3. The highest BCUT2D eigenvalue weighted by Crippen LogP contribution is 2.29. The average Bonchev–Trinajstić information content (AvgIpc) is 3.32. The lowest BCUT2D eigenvalue weighted by atomic mass is 10.1. The van der Waals surface area contributed by atoms with Gasteiger partial charge in [0.1, 0.15) is 0 Å². The summed E-state index contributed by atoms with van der Waals surface area (Å²) in [7, 11) is 0. The molecule has 0 radical (unpaired) electrons. The van der Waals surface area contributed by atoms with Gasteiger partial charge in [-0.1, -0.05) is 49.1 Å². The van der Waals surface area contributed by atoms with Gasteiger partial charge < -0.3 is 15.6 Å². The number of nitrogens with zero attached hydrogens (tertiary/aromatic N) is 3. The highest BCUT2D eigenvalue weighted by atomic mass is 32.2. The second-order valence-corrected chi connectivity index (χ2v) is 9.01. The Kier molecular flexibility index (Phi) is 6.46. The molecule has 0 saturated carbocycles. The predicted molar refractivity (Wildman–Crippen MR) is 111 cm³/mol. The molecule has 3 N–H and O–H groups in total. The Bertz CT molecular complexity index is 860. The zero-order chi connectivity index (χ0) is 19.2. The van der Waals surface area contributed by atoms with E-state index in [1.54, 1.807) is 12.5 Å². The van der Waals surface area contributed by atoms with Crippen LogP contribution in [0.15, 0.2) is 41.1 Å². The lowest BCUT2D eigenvalue weighted by Gasteiger charge is -2.10. The van der Waals surface area contributed by atoms with Crippen LogP contribution in [0, 0.1) is 5.92 Å². The van der Waals surface area contributed by atoms with Crippen LogP contribution in [0.1, 0.15) is 20.8 Å². The zero-order valence-corrected chi connectivity index (χ0v) is 17.0. The van der Waals surface area contributed by atoms with Gasteiger partial charge in [-0.25, -0.2) is 4.98 Å². The minimum absolute atomic E-state index is 0.0684. The molecule has 0 aliphatic carbocycles. The Labute approximate surface area is 166 Å². The summed E-state index contributed by atoms with van der Waals surface area (Å²) in [5.74, 6) is 0.468. The Hall–Kier alpha value is -2.39. The van der Waals surface area contributed by atoms with Crippen LogP contribution in [-0.4, -0.2) is 37.9 Å². The first-order chi connectivity index (χ1) is 13.0. The molecule has 142 valence electrons. The largest absolute Gasteiger partial charge is 0.360 e. The minimum Gasteiger partial charge on any atom is -0.360 e. The molecule has 0 aliphatic heterocycles. The molecule has 3 aromatic rings. The monoisotopic (exact) mass is 402 g/mol. The quantitative estimate of drug-likeness (QED) is 0.491. The number of thioether (sulfide) groups is 1. The smallest absolute Gasteiger partial charge is 0.237 e. The van der Waals surface area contributed by atoms with Crippen molar-refractivity contribution in [1.29, 1.82) is 0 Å². The summed E-state index contributed by atoms with van der Waals surface area (Å²) in [6.45, 7) is 6.99. The molecule has 0 fully saturated rings. The number of nitrogens with one attached hydrogen (secondary N) is 3. The average molecular weight is 403 g/mol. The van der Waals surface area contributed by atoms with Crippen molar-refractivity contribution in [1.82, 2.24) is 20.2 Å². The number of aromatic amines is 1. The number of carbonyl (C=O) groups excluding carboxylic acids is 1. The summed E-state index contributed by atoms with van der Waals surface area (Å²) in [5.41, 5.74) is 2.71. The summed E-state index contributed by atoms with van der Waals surface area (Å²) in [5, 5.41) is 15.0. The summed E-state index contributed by atoms with van der Waals surface area (Å²) in [4.78, 5) is 19.5. The van der Waals surface area contributed by atoms with Crippen LogP contribution in [0.5, 0.6) is 0 Å². The molecular formula is C18H22N6OS2. The fourth-order valence-electron chi connectivity index (χ4n) is 2.22. The minimum atomic E-state index is -0.275. The van der Waals surface area contributed by atoms with E-state index in [4.69, 9.17) is 0 Å². The van der Waals surface area contributed by atoms with Crippen molar-refractivity contribution in [2.24, 2.45) is 5.92 Å². The molecule has 0 spiro atoms. The normalized spacial score (nSPS) is 12.1. The molecule has 27 heavy (non-hydrogen) atoms. The van der Waals surface area contributed by atoms with Crippen molar-refractivity contribution in [3.63, 3.8) is 0 Å². The molecule has 1 atom stereocenters. The molecule has 0 saturated heterocycles. The van der Waals surface area contributed by atoms with Gasteiger partial charge in [-0.2, -0.15) is 0 Å². The van der Waals surface area contributed by atoms with Gasteiger partial charge >= 0.3 is 0 Å². The third-order valence-electron chi connectivity index (χ3n) is 3.68.